The Bertz CT molecular complexity index is 783. The van der Waals surface area contributed by atoms with Gasteiger partial charge in [-0.25, -0.2) is 4.98 Å². The summed E-state index contributed by atoms with van der Waals surface area (Å²) in [7, 11) is 0. The summed E-state index contributed by atoms with van der Waals surface area (Å²) in [4.78, 5) is 18.5. The molecule has 1 saturated heterocycles. The zero-order chi connectivity index (χ0) is 17.6. The van der Waals surface area contributed by atoms with Crippen LogP contribution in [0.5, 0.6) is 5.75 Å². The Morgan fingerprint density at radius 1 is 1.52 bits per heavy atom. The molecular formula is C17H19N5O3. The highest BCUT2D eigenvalue weighted by atomic mass is 16.5. The number of carbonyl (C=O) groups is 1. The average molecular weight is 341 g/mol. The van der Waals surface area contributed by atoms with Crippen LogP contribution in [0.3, 0.4) is 0 Å². The molecule has 1 aromatic heterocycles. The van der Waals surface area contributed by atoms with Gasteiger partial charge in [-0.05, 0) is 12.1 Å². The number of hydrogen-bond acceptors (Lipinski definition) is 6. The van der Waals surface area contributed by atoms with Gasteiger partial charge in [-0.15, -0.1) is 0 Å². The van der Waals surface area contributed by atoms with Gasteiger partial charge in [-0.1, -0.05) is 19.1 Å². The third kappa shape index (κ3) is 3.95. The Balaban J connectivity index is 1.59. The van der Waals surface area contributed by atoms with Gasteiger partial charge < -0.3 is 14.4 Å². The van der Waals surface area contributed by atoms with E-state index in [9.17, 15) is 4.79 Å². The van der Waals surface area contributed by atoms with E-state index in [1.54, 1.807) is 29.2 Å². The van der Waals surface area contributed by atoms with Crippen molar-refractivity contribution in [1.29, 1.82) is 5.26 Å². The third-order valence-corrected chi connectivity index (χ3v) is 3.95. The number of nitriles is 1. The van der Waals surface area contributed by atoms with Gasteiger partial charge >= 0.3 is 0 Å². The number of nitrogens with one attached hydrogen (secondary N) is 1. The molecule has 0 saturated carbocycles. The number of H-pyrrole nitrogens is 1. The summed E-state index contributed by atoms with van der Waals surface area (Å²) in [6, 6.07) is 8.89. The summed E-state index contributed by atoms with van der Waals surface area (Å²) in [6.07, 6.45) is 0.412. The molecule has 0 radical (unpaired) electrons. The molecule has 2 aromatic rings. The normalized spacial score (nSPS) is 17.1. The van der Waals surface area contributed by atoms with E-state index in [0.717, 1.165) is 12.2 Å². The van der Waals surface area contributed by atoms with E-state index in [1.165, 1.54) is 0 Å². The Hall–Kier alpha value is -2.92. The lowest BCUT2D eigenvalue weighted by molar-refractivity contribution is -0.141. The minimum absolute atomic E-state index is 0.125. The molecule has 1 fully saturated rings. The van der Waals surface area contributed by atoms with Gasteiger partial charge in [0, 0.05) is 13.0 Å². The number of nitrogens with zero attached hydrogens (tertiary/aromatic N) is 4. The van der Waals surface area contributed by atoms with E-state index in [1.807, 2.05) is 13.0 Å². The Morgan fingerprint density at radius 3 is 3.12 bits per heavy atom. The zero-order valence-electron chi connectivity index (χ0n) is 13.9. The Kier molecular flexibility index (Phi) is 5.26. The molecule has 1 aliphatic heterocycles. The summed E-state index contributed by atoms with van der Waals surface area (Å²) in [5, 5.41) is 16.1. The molecule has 1 N–H and O–H groups in total. The van der Waals surface area contributed by atoms with Crippen LogP contribution in [-0.2, 0) is 16.0 Å². The summed E-state index contributed by atoms with van der Waals surface area (Å²) in [5.74, 6) is 1.60. The fourth-order valence-electron chi connectivity index (χ4n) is 2.56. The minimum Gasteiger partial charge on any atom is -0.482 e. The highest BCUT2D eigenvalue weighted by Gasteiger charge is 2.28. The first-order valence-electron chi connectivity index (χ1n) is 8.13. The first kappa shape index (κ1) is 16.9. The first-order chi connectivity index (χ1) is 12.2. The SMILES string of the molecule is CCc1nc(C2CN(C(=O)COc3ccccc3C#N)CCO2)n[nH]1. The van der Waals surface area contributed by atoms with E-state index >= 15 is 0 Å². The van der Waals surface area contributed by atoms with E-state index in [0.29, 0.717) is 36.8 Å². The number of aryl methyl sites for hydroxylation is 1. The lowest BCUT2D eigenvalue weighted by atomic mass is 10.2. The molecule has 1 atom stereocenters. The topological polar surface area (TPSA) is 104 Å². The molecule has 1 unspecified atom stereocenters. The molecular weight excluding hydrogens is 322 g/mol. The van der Waals surface area contributed by atoms with Crippen LogP contribution < -0.4 is 4.74 Å². The largest absolute Gasteiger partial charge is 0.482 e. The number of hydrogen-bond donors (Lipinski definition) is 1. The van der Waals surface area contributed by atoms with Crippen LogP contribution in [0.4, 0.5) is 0 Å². The number of amides is 1. The predicted molar refractivity (Wildman–Crippen MR) is 87.7 cm³/mol. The van der Waals surface area contributed by atoms with Crippen LogP contribution in [0.25, 0.3) is 0 Å². The molecule has 8 nitrogen and oxygen atoms in total. The number of aromatic nitrogens is 3. The fourth-order valence-corrected chi connectivity index (χ4v) is 2.56. The number of rotatable bonds is 5. The standard InChI is InChI=1S/C17H19N5O3/c1-2-15-19-17(21-20-15)14-10-22(7-8-24-14)16(23)11-25-13-6-4-3-5-12(13)9-18/h3-6,14H,2,7-8,10-11H2,1H3,(H,19,20,21). The van der Waals surface area contributed by atoms with Crippen molar-refractivity contribution in [3.8, 4) is 11.8 Å². The first-order valence-corrected chi connectivity index (χ1v) is 8.13. The van der Waals surface area contributed by atoms with Crippen LogP contribution in [0.2, 0.25) is 0 Å². The second-order valence-electron chi connectivity index (χ2n) is 5.59. The summed E-state index contributed by atoms with van der Waals surface area (Å²) in [5.41, 5.74) is 0.406. The number of para-hydroxylation sites is 1. The van der Waals surface area contributed by atoms with Crippen molar-refractivity contribution in [2.45, 2.75) is 19.4 Å². The summed E-state index contributed by atoms with van der Waals surface area (Å²) >= 11 is 0. The van der Waals surface area contributed by atoms with Crippen molar-refractivity contribution in [1.82, 2.24) is 20.1 Å². The smallest absolute Gasteiger partial charge is 0.260 e. The Labute approximate surface area is 145 Å². The molecule has 130 valence electrons. The van der Waals surface area contributed by atoms with Gasteiger partial charge in [0.2, 0.25) is 0 Å². The predicted octanol–water partition coefficient (Wildman–Crippen LogP) is 1.22. The highest BCUT2D eigenvalue weighted by Crippen LogP contribution is 2.20. The molecule has 1 amide bonds. The molecule has 8 heteroatoms. The van der Waals surface area contributed by atoms with E-state index < -0.39 is 0 Å². The van der Waals surface area contributed by atoms with Gasteiger partial charge in [0.05, 0.1) is 18.7 Å². The molecule has 1 aromatic carbocycles. The van der Waals surface area contributed by atoms with Crippen molar-refractivity contribution in [2.75, 3.05) is 26.3 Å². The van der Waals surface area contributed by atoms with Crippen molar-refractivity contribution < 1.29 is 14.3 Å². The number of aromatic amines is 1. The number of benzene rings is 1. The monoisotopic (exact) mass is 341 g/mol. The fraction of sp³-hybridized carbons (Fsp3) is 0.412. The van der Waals surface area contributed by atoms with E-state index in [-0.39, 0.29) is 18.6 Å². The molecule has 25 heavy (non-hydrogen) atoms. The van der Waals surface area contributed by atoms with Crippen LogP contribution in [0.1, 0.15) is 30.2 Å². The van der Waals surface area contributed by atoms with Gasteiger partial charge in [0.25, 0.3) is 5.91 Å². The van der Waals surface area contributed by atoms with Gasteiger partial charge in [0.1, 0.15) is 23.7 Å². The van der Waals surface area contributed by atoms with Crippen molar-refractivity contribution >= 4 is 5.91 Å². The maximum absolute atomic E-state index is 12.4. The van der Waals surface area contributed by atoms with Gasteiger partial charge in [0.15, 0.2) is 12.4 Å². The van der Waals surface area contributed by atoms with E-state index in [2.05, 4.69) is 15.2 Å². The maximum Gasteiger partial charge on any atom is 0.260 e. The van der Waals surface area contributed by atoms with Crippen molar-refractivity contribution in [3.05, 3.63) is 41.5 Å². The van der Waals surface area contributed by atoms with Crippen molar-refractivity contribution in [2.24, 2.45) is 0 Å². The number of morpholine rings is 1. The molecule has 0 aliphatic carbocycles. The minimum atomic E-state index is -0.347. The van der Waals surface area contributed by atoms with Gasteiger partial charge in [-0.3, -0.25) is 9.89 Å². The molecule has 2 heterocycles. The lowest BCUT2D eigenvalue weighted by Crippen LogP contribution is -2.44. The van der Waals surface area contributed by atoms with Crippen LogP contribution in [0, 0.1) is 11.3 Å². The lowest BCUT2D eigenvalue weighted by Gasteiger charge is -2.31. The third-order valence-electron chi connectivity index (χ3n) is 3.95. The van der Waals surface area contributed by atoms with Crippen LogP contribution in [0.15, 0.2) is 24.3 Å². The molecule has 0 bridgehead atoms. The second-order valence-corrected chi connectivity index (χ2v) is 5.59. The quantitative estimate of drug-likeness (QED) is 0.877. The molecule has 3 rings (SSSR count). The summed E-state index contributed by atoms with van der Waals surface area (Å²) in [6.45, 7) is 3.14. The van der Waals surface area contributed by atoms with Gasteiger partial charge in [-0.2, -0.15) is 10.4 Å². The van der Waals surface area contributed by atoms with E-state index in [4.69, 9.17) is 14.7 Å². The second kappa shape index (κ2) is 7.77. The maximum atomic E-state index is 12.4. The summed E-state index contributed by atoms with van der Waals surface area (Å²) < 4.78 is 11.2. The van der Waals surface area contributed by atoms with Crippen LogP contribution in [-0.4, -0.2) is 52.3 Å². The average Bonchev–Trinajstić information content (AvgIpc) is 3.15. The molecule has 0 spiro atoms. The zero-order valence-corrected chi connectivity index (χ0v) is 13.9. The number of ether oxygens (including phenoxy) is 2. The highest BCUT2D eigenvalue weighted by molar-refractivity contribution is 5.78. The Morgan fingerprint density at radius 2 is 2.36 bits per heavy atom. The number of carbonyl (C=O) groups excluding carboxylic acids is 1. The molecule has 1 aliphatic rings. The van der Waals surface area contributed by atoms with Crippen molar-refractivity contribution in [3.63, 3.8) is 0 Å². The van der Waals surface area contributed by atoms with Crippen LogP contribution >= 0.6 is 0 Å².